The number of nitrogens with two attached hydrogens (primary N) is 4. The van der Waals surface area contributed by atoms with Crippen LogP contribution in [0, 0.1) is 0 Å². The van der Waals surface area contributed by atoms with Crippen molar-refractivity contribution in [2.24, 2.45) is 27.9 Å². The third kappa shape index (κ3) is 12.9. The number of unbranched alkanes of at least 4 members (excludes halogenated alkanes) is 1. The quantitative estimate of drug-likeness (QED) is 0.0406. The normalized spacial score (nSPS) is 14.3. The molecule has 0 aliphatic rings. The minimum absolute atomic E-state index is 0.0516. The maximum absolute atomic E-state index is 12.9. The van der Waals surface area contributed by atoms with Crippen molar-refractivity contribution in [2.75, 3.05) is 25.4 Å². The van der Waals surface area contributed by atoms with E-state index in [9.17, 15) is 19.2 Å². The molecule has 33 heavy (non-hydrogen) atoms. The van der Waals surface area contributed by atoms with Gasteiger partial charge in [-0.15, -0.1) is 0 Å². The van der Waals surface area contributed by atoms with E-state index in [1.165, 1.54) is 0 Å². The molecule has 4 atom stereocenters. The number of aliphatic carboxylic acids is 1. The standard InChI is InChI=1S/C18H36N8O6S/c19-6-2-1-4-11(16(30)26-13(8-27)17(31)32)25-15(29)12(5-3-7-23-18(21)22)24-14(28)10(20)9-33/h10-13,27,33H,1-9,19-20H2,(H,24,28)(H,25,29)(H,26,30)(H,31,32)(H4,21,22,23). The Labute approximate surface area is 197 Å². The molecule has 0 rings (SSSR count). The first-order valence-electron chi connectivity index (χ1n) is 10.4. The summed E-state index contributed by atoms with van der Waals surface area (Å²) in [6, 6.07) is -4.66. The first kappa shape index (κ1) is 30.4. The summed E-state index contributed by atoms with van der Waals surface area (Å²) in [7, 11) is 0. The van der Waals surface area contributed by atoms with Gasteiger partial charge < -0.3 is 49.1 Å². The van der Waals surface area contributed by atoms with Gasteiger partial charge in [0.25, 0.3) is 0 Å². The summed E-state index contributed by atoms with van der Waals surface area (Å²) < 4.78 is 0. The molecule has 190 valence electrons. The zero-order valence-electron chi connectivity index (χ0n) is 18.4. The van der Waals surface area contributed by atoms with E-state index in [-0.39, 0.29) is 31.1 Å². The van der Waals surface area contributed by atoms with Crippen LogP contribution in [0.4, 0.5) is 0 Å². The molecule has 14 nitrogen and oxygen atoms in total. The lowest BCUT2D eigenvalue weighted by atomic mass is 10.1. The molecule has 0 aromatic carbocycles. The molecule has 13 N–H and O–H groups in total. The molecule has 0 aromatic rings. The summed E-state index contributed by atoms with van der Waals surface area (Å²) in [5.74, 6) is -3.57. The van der Waals surface area contributed by atoms with Gasteiger partial charge in [-0.05, 0) is 38.6 Å². The lowest BCUT2D eigenvalue weighted by molar-refractivity contribution is -0.143. The Hall–Kier alpha value is -2.62. The van der Waals surface area contributed by atoms with E-state index in [1.807, 2.05) is 0 Å². The number of carbonyl (C=O) groups is 4. The van der Waals surface area contributed by atoms with Gasteiger partial charge >= 0.3 is 5.97 Å². The molecule has 4 unspecified atom stereocenters. The zero-order valence-corrected chi connectivity index (χ0v) is 19.3. The van der Waals surface area contributed by atoms with Crippen LogP contribution in [-0.4, -0.2) is 89.5 Å². The van der Waals surface area contributed by atoms with Crippen molar-refractivity contribution < 1.29 is 29.4 Å². The third-order valence-electron chi connectivity index (χ3n) is 4.49. The van der Waals surface area contributed by atoms with E-state index in [4.69, 9.17) is 33.1 Å². The van der Waals surface area contributed by atoms with Crippen LogP contribution in [-0.2, 0) is 19.2 Å². The van der Waals surface area contributed by atoms with Crippen LogP contribution in [0.2, 0.25) is 0 Å². The summed E-state index contributed by atoms with van der Waals surface area (Å²) in [5.41, 5.74) is 21.7. The number of aliphatic hydroxyl groups excluding tert-OH is 1. The van der Waals surface area contributed by atoms with Crippen molar-refractivity contribution in [3.8, 4) is 0 Å². The molecule has 0 heterocycles. The van der Waals surface area contributed by atoms with Crippen molar-refractivity contribution in [3.63, 3.8) is 0 Å². The number of hydrogen-bond acceptors (Lipinski definition) is 9. The Morgan fingerprint density at radius 3 is 1.85 bits per heavy atom. The molecule has 3 amide bonds. The van der Waals surface area contributed by atoms with Gasteiger partial charge in [0, 0.05) is 12.3 Å². The summed E-state index contributed by atoms with van der Waals surface area (Å²) in [6.07, 6.45) is 1.67. The maximum atomic E-state index is 12.9. The summed E-state index contributed by atoms with van der Waals surface area (Å²) in [4.78, 5) is 52.6. The number of aliphatic imine (C=N–C) groups is 1. The van der Waals surface area contributed by atoms with Crippen LogP contribution in [0.3, 0.4) is 0 Å². The number of nitrogens with zero attached hydrogens (tertiary/aromatic N) is 1. The van der Waals surface area contributed by atoms with E-state index in [1.54, 1.807) is 0 Å². The smallest absolute Gasteiger partial charge is 0.328 e. The van der Waals surface area contributed by atoms with Gasteiger partial charge in [0.1, 0.15) is 18.1 Å². The van der Waals surface area contributed by atoms with Crippen molar-refractivity contribution in [1.82, 2.24) is 16.0 Å². The average molecular weight is 493 g/mol. The van der Waals surface area contributed by atoms with Gasteiger partial charge in [0.05, 0.1) is 12.6 Å². The molecule has 0 spiro atoms. The molecule has 0 aromatic heterocycles. The number of aliphatic hydroxyl groups is 1. The Kier molecular flexibility index (Phi) is 15.6. The second-order valence-electron chi connectivity index (χ2n) is 7.23. The van der Waals surface area contributed by atoms with Crippen LogP contribution in [0.5, 0.6) is 0 Å². The van der Waals surface area contributed by atoms with Gasteiger partial charge in [-0.1, -0.05) is 0 Å². The molecule has 0 bridgehead atoms. The Morgan fingerprint density at radius 1 is 0.879 bits per heavy atom. The molecule has 0 aliphatic heterocycles. The highest BCUT2D eigenvalue weighted by molar-refractivity contribution is 7.80. The van der Waals surface area contributed by atoms with Gasteiger partial charge in [0.15, 0.2) is 5.96 Å². The molecule has 15 heteroatoms. The number of nitrogens with one attached hydrogen (secondary N) is 3. The number of carboxylic acids is 1. The van der Waals surface area contributed by atoms with Gasteiger partial charge in [-0.3, -0.25) is 19.4 Å². The van der Waals surface area contributed by atoms with Gasteiger partial charge in [0.2, 0.25) is 17.7 Å². The van der Waals surface area contributed by atoms with Crippen LogP contribution in [0.15, 0.2) is 4.99 Å². The summed E-state index contributed by atoms with van der Waals surface area (Å²) >= 11 is 3.96. The monoisotopic (exact) mass is 492 g/mol. The Morgan fingerprint density at radius 2 is 1.39 bits per heavy atom. The van der Waals surface area contributed by atoms with Crippen molar-refractivity contribution in [2.45, 2.75) is 56.3 Å². The van der Waals surface area contributed by atoms with E-state index < -0.39 is 54.5 Å². The fraction of sp³-hybridized carbons (Fsp3) is 0.722. The number of guanidine groups is 1. The van der Waals surface area contributed by atoms with E-state index in [0.29, 0.717) is 25.8 Å². The summed E-state index contributed by atoms with van der Waals surface area (Å²) in [5, 5.41) is 25.4. The van der Waals surface area contributed by atoms with Gasteiger partial charge in [-0.25, -0.2) is 4.79 Å². The lowest BCUT2D eigenvalue weighted by Crippen LogP contribution is -2.57. The van der Waals surface area contributed by atoms with Crippen LogP contribution in [0.25, 0.3) is 0 Å². The second kappa shape index (κ2) is 16.9. The van der Waals surface area contributed by atoms with Gasteiger partial charge in [-0.2, -0.15) is 12.6 Å². The molecule has 0 radical (unpaired) electrons. The topological polar surface area (TPSA) is 261 Å². The second-order valence-corrected chi connectivity index (χ2v) is 7.59. The average Bonchev–Trinajstić information content (AvgIpc) is 2.77. The number of thiol groups is 1. The molecular weight excluding hydrogens is 456 g/mol. The van der Waals surface area contributed by atoms with Crippen LogP contribution >= 0.6 is 12.6 Å². The Balaban J connectivity index is 5.44. The first-order chi connectivity index (χ1) is 15.6. The predicted molar refractivity (Wildman–Crippen MR) is 125 cm³/mol. The van der Waals surface area contributed by atoms with E-state index in [2.05, 4.69) is 33.6 Å². The number of hydrogen-bond donors (Lipinski definition) is 10. The maximum Gasteiger partial charge on any atom is 0.328 e. The molecule has 0 saturated carbocycles. The van der Waals surface area contributed by atoms with E-state index in [0.717, 1.165) is 0 Å². The third-order valence-corrected chi connectivity index (χ3v) is 4.88. The minimum Gasteiger partial charge on any atom is -0.480 e. The van der Waals surface area contributed by atoms with E-state index >= 15 is 0 Å². The van der Waals surface area contributed by atoms with Crippen molar-refractivity contribution in [1.29, 1.82) is 0 Å². The number of amides is 3. The lowest BCUT2D eigenvalue weighted by Gasteiger charge is -2.25. The zero-order chi connectivity index (χ0) is 25.4. The fourth-order valence-electron chi connectivity index (χ4n) is 2.63. The Bertz CT molecular complexity index is 676. The number of carbonyl (C=O) groups excluding carboxylic acids is 3. The molecule has 0 aliphatic carbocycles. The van der Waals surface area contributed by atoms with Crippen LogP contribution in [0.1, 0.15) is 32.1 Å². The molecular formula is C18H36N8O6S. The highest BCUT2D eigenvalue weighted by atomic mass is 32.1. The first-order valence-corrected chi connectivity index (χ1v) is 11.1. The van der Waals surface area contributed by atoms with Crippen molar-refractivity contribution >= 4 is 42.3 Å². The van der Waals surface area contributed by atoms with Crippen LogP contribution < -0.4 is 38.9 Å². The highest BCUT2D eigenvalue weighted by Gasteiger charge is 2.29. The minimum atomic E-state index is -1.53. The van der Waals surface area contributed by atoms with Crippen molar-refractivity contribution in [3.05, 3.63) is 0 Å². The molecule has 0 fully saturated rings. The predicted octanol–water partition coefficient (Wildman–Crippen LogP) is -4.04. The highest BCUT2D eigenvalue weighted by Crippen LogP contribution is 2.05. The number of carboxylic acid groups (broad SMARTS) is 1. The SMILES string of the molecule is NCCCCC(NC(=O)C(CCCN=C(N)N)NC(=O)C(N)CS)C(=O)NC(CO)C(=O)O. The molecule has 0 saturated heterocycles. The number of rotatable bonds is 17. The largest absolute Gasteiger partial charge is 0.480 e. The fourth-order valence-corrected chi connectivity index (χ4v) is 2.79. The summed E-state index contributed by atoms with van der Waals surface area (Å²) in [6.45, 7) is -0.255.